The van der Waals surface area contributed by atoms with Crippen LogP contribution in [-0.4, -0.2) is 36.5 Å². The van der Waals surface area contributed by atoms with E-state index in [4.69, 9.17) is 0 Å². The van der Waals surface area contributed by atoms with Crippen molar-refractivity contribution in [2.75, 3.05) is 19.6 Å². The number of nitrogens with zero attached hydrogens (tertiary/aromatic N) is 1. The van der Waals surface area contributed by atoms with Crippen LogP contribution in [-0.2, 0) is 4.79 Å². The second-order valence-corrected chi connectivity index (χ2v) is 6.32. The summed E-state index contributed by atoms with van der Waals surface area (Å²) in [5.41, 5.74) is 0. The Morgan fingerprint density at radius 3 is 2.80 bits per heavy atom. The molecular weight excluding hydrogens is 248 g/mol. The first-order chi connectivity index (χ1) is 9.67. The number of nitrogens with one attached hydrogen (secondary N) is 1. The van der Waals surface area contributed by atoms with E-state index in [1.807, 2.05) is 0 Å². The second kappa shape index (κ2) is 10.2. The summed E-state index contributed by atoms with van der Waals surface area (Å²) in [5, 5.41) is 3.44. The molecular formula is C17H34N2O. The van der Waals surface area contributed by atoms with Crippen molar-refractivity contribution < 1.29 is 4.79 Å². The van der Waals surface area contributed by atoms with E-state index in [-0.39, 0.29) is 0 Å². The van der Waals surface area contributed by atoms with Crippen LogP contribution in [0.25, 0.3) is 0 Å². The van der Waals surface area contributed by atoms with Crippen molar-refractivity contribution in [3.8, 4) is 0 Å². The normalized spacial score (nSPS) is 21.9. The Kier molecular flexibility index (Phi) is 8.92. The Hall–Kier alpha value is -0.570. The average molecular weight is 282 g/mol. The Labute approximate surface area is 125 Å². The first-order valence-electron chi connectivity index (χ1n) is 8.68. The van der Waals surface area contributed by atoms with Gasteiger partial charge in [0.25, 0.3) is 0 Å². The highest BCUT2D eigenvalue weighted by molar-refractivity contribution is 5.76. The minimum absolute atomic E-state index is 0.392. The molecule has 0 aromatic heterocycles. The molecule has 0 saturated carbocycles. The summed E-state index contributed by atoms with van der Waals surface area (Å²) < 4.78 is 0. The molecule has 0 radical (unpaired) electrons. The fraction of sp³-hybridized carbons (Fsp3) is 0.941. The van der Waals surface area contributed by atoms with Gasteiger partial charge in [-0.1, -0.05) is 33.1 Å². The topological polar surface area (TPSA) is 32.3 Å². The number of rotatable bonds is 9. The summed E-state index contributed by atoms with van der Waals surface area (Å²) in [7, 11) is 0. The third-order valence-electron chi connectivity index (χ3n) is 4.49. The summed E-state index contributed by atoms with van der Waals surface area (Å²) in [6.45, 7) is 9.65. The van der Waals surface area contributed by atoms with Crippen molar-refractivity contribution in [2.45, 2.75) is 78.2 Å². The molecule has 20 heavy (non-hydrogen) atoms. The standard InChI is InChI=1S/C17H34N2O/c1-4-8-16-10-11-17(20)19(14-12-16)13-7-6-9-15(3)18-5-2/h15-16,18H,4-14H2,1-3H3. The van der Waals surface area contributed by atoms with E-state index < -0.39 is 0 Å². The van der Waals surface area contributed by atoms with Crippen LogP contribution in [0.4, 0.5) is 0 Å². The summed E-state index contributed by atoms with van der Waals surface area (Å²) in [4.78, 5) is 14.2. The predicted octanol–water partition coefficient (Wildman–Crippen LogP) is 3.58. The molecule has 2 unspecified atom stereocenters. The van der Waals surface area contributed by atoms with Gasteiger partial charge in [-0.3, -0.25) is 4.79 Å². The highest BCUT2D eigenvalue weighted by Gasteiger charge is 2.21. The molecule has 3 nitrogen and oxygen atoms in total. The van der Waals surface area contributed by atoms with Crippen molar-refractivity contribution in [3.05, 3.63) is 0 Å². The molecule has 118 valence electrons. The fourth-order valence-corrected chi connectivity index (χ4v) is 3.23. The lowest BCUT2D eigenvalue weighted by molar-refractivity contribution is -0.130. The number of carbonyl (C=O) groups is 1. The Bertz CT molecular complexity index is 268. The van der Waals surface area contributed by atoms with E-state index >= 15 is 0 Å². The predicted molar refractivity (Wildman–Crippen MR) is 85.8 cm³/mol. The van der Waals surface area contributed by atoms with Crippen LogP contribution in [0.2, 0.25) is 0 Å². The first-order valence-corrected chi connectivity index (χ1v) is 8.68. The molecule has 1 amide bonds. The number of unbranched alkanes of at least 4 members (excludes halogenated alkanes) is 1. The van der Waals surface area contributed by atoms with Gasteiger partial charge < -0.3 is 10.2 Å². The zero-order valence-corrected chi connectivity index (χ0v) is 13.8. The lowest BCUT2D eigenvalue weighted by atomic mass is 9.96. The zero-order chi connectivity index (χ0) is 14.8. The van der Waals surface area contributed by atoms with Gasteiger partial charge in [0.15, 0.2) is 0 Å². The minimum atomic E-state index is 0.392. The lowest BCUT2D eigenvalue weighted by Gasteiger charge is -2.21. The van der Waals surface area contributed by atoms with Gasteiger partial charge >= 0.3 is 0 Å². The van der Waals surface area contributed by atoms with Crippen LogP contribution in [0.15, 0.2) is 0 Å². The monoisotopic (exact) mass is 282 g/mol. The molecule has 1 heterocycles. The largest absolute Gasteiger partial charge is 0.343 e. The third kappa shape index (κ3) is 6.74. The van der Waals surface area contributed by atoms with Gasteiger partial charge in [-0.25, -0.2) is 0 Å². The van der Waals surface area contributed by atoms with Gasteiger partial charge in [-0.2, -0.15) is 0 Å². The van der Waals surface area contributed by atoms with Crippen LogP contribution >= 0.6 is 0 Å². The number of carbonyl (C=O) groups excluding carboxylic acids is 1. The van der Waals surface area contributed by atoms with E-state index in [1.165, 1.54) is 32.1 Å². The maximum atomic E-state index is 12.1. The van der Waals surface area contributed by atoms with E-state index in [9.17, 15) is 4.79 Å². The molecule has 2 atom stereocenters. The highest BCUT2D eigenvalue weighted by atomic mass is 16.2. The summed E-state index contributed by atoms with van der Waals surface area (Å²) in [6, 6.07) is 0.605. The molecule has 1 rings (SSSR count). The van der Waals surface area contributed by atoms with E-state index in [2.05, 4.69) is 31.0 Å². The summed E-state index contributed by atoms with van der Waals surface area (Å²) in [5.74, 6) is 1.17. The van der Waals surface area contributed by atoms with Crippen LogP contribution < -0.4 is 5.32 Å². The molecule has 3 heteroatoms. The molecule has 0 aliphatic carbocycles. The lowest BCUT2D eigenvalue weighted by Crippen LogP contribution is -2.31. The minimum Gasteiger partial charge on any atom is -0.343 e. The molecule has 1 N–H and O–H groups in total. The molecule has 1 aliphatic rings. The van der Waals surface area contributed by atoms with E-state index in [0.29, 0.717) is 11.9 Å². The smallest absolute Gasteiger partial charge is 0.222 e. The number of likely N-dealkylation sites (tertiary alicyclic amines) is 1. The number of amides is 1. The van der Waals surface area contributed by atoms with Gasteiger partial charge in [-0.15, -0.1) is 0 Å². The zero-order valence-electron chi connectivity index (χ0n) is 13.8. The van der Waals surface area contributed by atoms with Crippen molar-refractivity contribution in [3.63, 3.8) is 0 Å². The Morgan fingerprint density at radius 2 is 2.10 bits per heavy atom. The van der Waals surface area contributed by atoms with E-state index in [0.717, 1.165) is 44.8 Å². The average Bonchev–Trinajstić information content (AvgIpc) is 2.59. The first kappa shape index (κ1) is 17.5. The molecule has 1 aliphatic heterocycles. The molecule has 0 aromatic rings. The number of hydrogen-bond acceptors (Lipinski definition) is 2. The van der Waals surface area contributed by atoms with Crippen molar-refractivity contribution in [1.29, 1.82) is 0 Å². The second-order valence-electron chi connectivity index (χ2n) is 6.32. The summed E-state index contributed by atoms with van der Waals surface area (Å²) in [6.07, 6.45) is 9.24. The van der Waals surface area contributed by atoms with Gasteiger partial charge in [0.2, 0.25) is 5.91 Å². The molecule has 1 fully saturated rings. The van der Waals surface area contributed by atoms with Crippen LogP contribution in [0, 0.1) is 5.92 Å². The van der Waals surface area contributed by atoms with E-state index in [1.54, 1.807) is 0 Å². The van der Waals surface area contributed by atoms with Gasteiger partial charge in [-0.05, 0) is 45.1 Å². The third-order valence-corrected chi connectivity index (χ3v) is 4.49. The highest BCUT2D eigenvalue weighted by Crippen LogP contribution is 2.22. The SMILES string of the molecule is CCCC1CCC(=O)N(CCCCC(C)NCC)CC1. The number of hydrogen-bond donors (Lipinski definition) is 1. The van der Waals surface area contributed by atoms with Gasteiger partial charge in [0, 0.05) is 25.6 Å². The van der Waals surface area contributed by atoms with Crippen LogP contribution in [0.3, 0.4) is 0 Å². The molecule has 0 aromatic carbocycles. The Morgan fingerprint density at radius 1 is 1.30 bits per heavy atom. The fourth-order valence-electron chi connectivity index (χ4n) is 3.23. The molecule has 1 saturated heterocycles. The maximum absolute atomic E-state index is 12.1. The quantitative estimate of drug-likeness (QED) is 0.656. The van der Waals surface area contributed by atoms with Crippen molar-refractivity contribution in [2.24, 2.45) is 5.92 Å². The molecule has 0 bridgehead atoms. The summed E-state index contributed by atoms with van der Waals surface area (Å²) >= 11 is 0. The maximum Gasteiger partial charge on any atom is 0.222 e. The van der Waals surface area contributed by atoms with Crippen molar-refractivity contribution in [1.82, 2.24) is 10.2 Å². The molecule has 0 spiro atoms. The Balaban J connectivity index is 2.20. The van der Waals surface area contributed by atoms with Crippen LogP contribution in [0.1, 0.15) is 72.1 Å². The van der Waals surface area contributed by atoms with Crippen LogP contribution in [0.5, 0.6) is 0 Å². The van der Waals surface area contributed by atoms with Gasteiger partial charge in [0.1, 0.15) is 0 Å². The van der Waals surface area contributed by atoms with Crippen molar-refractivity contribution >= 4 is 5.91 Å². The van der Waals surface area contributed by atoms with Gasteiger partial charge in [0.05, 0.1) is 0 Å².